The second-order valence-electron chi connectivity index (χ2n) is 3.52. The molecule has 86 valence electrons. The van der Waals surface area contributed by atoms with Gasteiger partial charge >= 0.3 is 0 Å². The predicted octanol–water partition coefficient (Wildman–Crippen LogP) is 2.96. The number of rotatable bonds is 4. The Kier molecular flexibility index (Phi) is 3.31. The summed E-state index contributed by atoms with van der Waals surface area (Å²) in [6.07, 6.45) is 0.889. The van der Waals surface area contributed by atoms with Crippen LogP contribution < -0.4 is 10.5 Å². The number of ether oxygens (including phenoxy) is 1. The van der Waals surface area contributed by atoms with Gasteiger partial charge in [0.05, 0.1) is 13.2 Å². The molecule has 0 radical (unpaired) electrons. The molecule has 0 aromatic carbocycles. The molecule has 2 N–H and O–H groups in total. The molecular weight excluding hydrogens is 222 g/mol. The van der Waals surface area contributed by atoms with Crippen molar-refractivity contribution in [3.05, 3.63) is 40.0 Å². The van der Waals surface area contributed by atoms with E-state index in [1.165, 1.54) is 0 Å². The van der Waals surface area contributed by atoms with Crippen LogP contribution in [0.15, 0.2) is 28.0 Å². The molecule has 2 aromatic rings. The van der Waals surface area contributed by atoms with Gasteiger partial charge in [-0.15, -0.1) is 11.3 Å². The highest BCUT2D eigenvalue weighted by Gasteiger charge is 2.15. The summed E-state index contributed by atoms with van der Waals surface area (Å²) in [4.78, 5) is 1.05. The van der Waals surface area contributed by atoms with Crippen LogP contribution >= 0.6 is 11.3 Å². The lowest BCUT2D eigenvalue weighted by Gasteiger charge is -2.05. The number of hydrogen-bond acceptors (Lipinski definition) is 4. The fourth-order valence-corrected chi connectivity index (χ4v) is 2.36. The molecular formula is C12H15NO2S. The highest BCUT2D eigenvalue weighted by molar-refractivity contribution is 7.10. The van der Waals surface area contributed by atoms with E-state index in [1.54, 1.807) is 18.4 Å². The van der Waals surface area contributed by atoms with Gasteiger partial charge in [-0.3, -0.25) is 0 Å². The van der Waals surface area contributed by atoms with E-state index in [1.807, 2.05) is 23.6 Å². The fourth-order valence-electron chi connectivity index (χ4n) is 1.50. The molecule has 2 heterocycles. The largest absolute Gasteiger partial charge is 0.496 e. The van der Waals surface area contributed by atoms with Crippen molar-refractivity contribution in [3.8, 4) is 5.75 Å². The van der Waals surface area contributed by atoms with E-state index in [9.17, 15) is 0 Å². The van der Waals surface area contributed by atoms with Gasteiger partial charge in [-0.2, -0.15) is 0 Å². The van der Waals surface area contributed by atoms with Crippen LogP contribution in [0.25, 0.3) is 0 Å². The Balaban J connectivity index is 2.20. The summed E-state index contributed by atoms with van der Waals surface area (Å²) in [5.41, 5.74) is 6.11. The molecule has 1 atom stereocenters. The van der Waals surface area contributed by atoms with Crippen molar-refractivity contribution < 1.29 is 9.15 Å². The van der Waals surface area contributed by atoms with Crippen LogP contribution in [0.5, 0.6) is 5.75 Å². The van der Waals surface area contributed by atoms with Gasteiger partial charge in [0.15, 0.2) is 0 Å². The van der Waals surface area contributed by atoms with Crippen LogP contribution in [-0.2, 0) is 6.42 Å². The summed E-state index contributed by atoms with van der Waals surface area (Å²) in [5, 5.41) is 1.94. The van der Waals surface area contributed by atoms with Gasteiger partial charge in [0.2, 0.25) is 0 Å². The van der Waals surface area contributed by atoms with Crippen LogP contribution in [0.3, 0.4) is 0 Å². The monoisotopic (exact) mass is 237 g/mol. The SMILES string of the molecule is CCc1ccc(C(N)c2cc(OC)cs2)o1. The summed E-state index contributed by atoms with van der Waals surface area (Å²) in [7, 11) is 1.65. The molecule has 1 unspecified atom stereocenters. The van der Waals surface area contributed by atoms with E-state index in [4.69, 9.17) is 14.9 Å². The van der Waals surface area contributed by atoms with Crippen LogP contribution in [0.4, 0.5) is 0 Å². The molecule has 0 amide bonds. The molecule has 0 saturated carbocycles. The van der Waals surface area contributed by atoms with Gasteiger partial charge in [-0.25, -0.2) is 0 Å². The lowest BCUT2D eigenvalue weighted by molar-refractivity contribution is 0.415. The van der Waals surface area contributed by atoms with Crippen LogP contribution in [0.2, 0.25) is 0 Å². The Bertz CT molecular complexity index is 419. The normalized spacial score (nSPS) is 12.7. The number of thiophene rings is 1. The first kappa shape index (κ1) is 11.2. The van der Waals surface area contributed by atoms with Crippen molar-refractivity contribution in [1.29, 1.82) is 0 Å². The number of hydrogen-bond donors (Lipinski definition) is 1. The maximum absolute atomic E-state index is 6.11. The lowest BCUT2D eigenvalue weighted by atomic mass is 10.2. The lowest BCUT2D eigenvalue weighted by Crippen LogP contribution is -2.08. The van der Waals surface area contributed by atoms with Gasteiger partial charge < -0.3 is 14.9 Å². The van der Waals surface area contributed by atoms with E-state index in [0.29, 0.717) is 0 Å². The van der Waals surface area contributed by atoms with Crippen molar-refractivity contribution in [1.82, 2.24) is 0 Å². The highest BCUT2D eigenvalue weighted by Crippen LogP contribution is 2.30. The quantitative estimate of drug-likeness (QED) is 0.889. The molecule has 0 aliphatic rings. The first-order chi connectivity index (χ1) is 7.74. The zero-order chi connectivity index (χ0) is 11.5. The smallest absolute Gasteiger partial charge is 0.129 e. The Labute approximate surface area is 98.8 Å². The Hall–Kier alpha value is -1.26. The van der Waals surface area contributed by atoms with Gasteiger partial charge in [0.1, 0.15) is 17.3 Å². The number of furan rings is 1. The molecule has 0 aliphatic heterocycles. The van der Waals surface area contributed by atoms with E-state index >= 15 is 0 Å². The molecule has 3 nitrogen and oxygen atoms in total. The Morgan fingerprint density at radius 1 is 1.50 bits per heavy atom. The summed E-state index contributed by atoms with van der Waals surface area (Å²) in [6.45, 7) is 2.06. The standard InChI is InChI=1S/C12H15NO2S/c1-3-8-4-5-10(15-8)12(13)11-6-9(14-2)7-16-11/h4-7,12H,3,13H2,1-2H3. The maximum Gasteiger partial charge on any atom is 0.129 e. The topological polar surface area (TPSA) is 48.4 Å². The van der Waals surface area contributed by atoms with Crippen molar-refractivity contribution in [2.24, 2.45) is 5.73 Å². The Morgan fingerprint density at radius 3 is 2.88 bits per heavy atom. The summed E-state index contributed by atoms with van der Waals surface area (Å²) >= 11 is 1.58. The maximum atomic E-state index is 6.11. The van der Waals surface area contributed by atoms with Crippen molar-refractivity contribution in [3.63, 3.8) is 0 Å². The van der Waals surface area contributed by atoms with Gasteiger partial charge in [0, 0.05) is 16.7 Å². The predicted molar refractivity (Wildman–Crippen MR) is 65.0 cm³/mol. The molecule has 0 spiro atoms. The number of methoxy groups -OCH3 is 1. The highest BCUT2D eigenvalue weighted by atomic mass is 32.1. The van der Waals surface area contributed by atoms with Gasteiger partial charge in [0.25, 0.3) is 0 Å². The minimum Gasteiger partial charge on any atom is -0.496 e. The molecule has 2 rings (SSSR count). The van der Waals surface area contributed by atoms with Crippen LogP contribution in [0.1, 0.15) is 29.4 Å². The molecule has 0 aliphatic carbocycles. The van der Waals surface area contributed by atoms with E-state index in [2.05, 4.69) is 6.92 Å². The van der Waals surface area contributed by atoms with E-state index < -0.39 is 0 Å². The van der Waals surface area contributed by atoms with Crippen molar-refractivity contribution >= 4 is 11.3 Å². The molecule has 0 bridgehead atoms. The van der Waals surface area contributed by atoms with Crippen LogP contribution in [0, 0.1) is 0 Å². The van der Waals surface area contributed by atoms with Crippen molar-refractivity contribution in [2.75, 3.05) is 7.11 Å². The summed E-state index contributed by atoms with van der Waals surface area (Å²) in [5.74, 6) is 2.62. The number of nitrogens with two attached hydrogens (primary N) is 1. The summed E-state index contributed by atoms with van der Waals surface area (Å²) in [6, 6.07) is 5.66. The molecule has 0 saturated heterocycles. The van der Waals surface area contributed by atoms with E-state index in [0.717, 1.165) is 28.6 Å². The Morgan fingerprint density at radius 2 is 2.31 bits per heavy atom. The third kappa shape index (κ3) is 2.13. The first-order valence-corrected chi connectivity index (χ1v) is 6.09. The second-order valence-corrected chi connectivity index (χ2v) is 4.47. The molecule has 4 heteroatoms. The average Bonchev–Trinajstić information content (AvgIpc) is 2.97. The van der Waals surface area contributed by atoms with E-state index in [-0.39, 0.29) is 6.04 Å². The minimum atomic E-state index is -0.200. The zero-order valence-electron chi connectivity index (χ0n) is 9.40. The number of aryl methyl sites for hydroxylation is 1. The van der Waals surface area contributed by atoms with Gasteiger partial charge in [-0.05, 0) is 18.2 Å². The molecule has 16 heavy (non-hydrogen) atoms. The molecule has 0 fully saturated rings. The first-order valence-electron chi connectivity index (χ1n) is 5.21. The second kappa shape index (κ2) is 4.72. The zero-order valence-corrected chi connectivity index (χ0v) is 10.2. The fraction of sp³-hybridized carbons (Fsp3) is 0.333. The summed E-state index contributed by atoms with van der Waals surface area (Å²) < 4.78 is 10.8. The third-order valence-electron chi connectivity index (χ3n) is 2.48. The minimum absolute atomic E-state index is 0.200. The third-order valence-corrected chi connectivity index (χ3v) is 3.47. The average molecular weight is 237 g/mol. The van der Waals surface area contributed by atoms with Crippen molar-refractivity contribution in [2.45, 2.75) is 19.4 Å². The van der Waals surface area contributed by atoms with Crippen LogP contribution in [-0.4, -0.2) is 7.11 Å². The van der Waals surface area contributed by atoms with Gasteiger partial charge in [-0.1, -0.05) is 6.92 Å². The molecule has 2 aromatic heterocycles.